The summed E-state index contributed by atoms with van der Waals surface area (Å²) in [6.07, 6.45) is 10.6. The van der Waals surface area contributed by atoms with E-state index in [9.17, 15) is 5.11 Å². The van der Waals surface area contributed by atoms with E-state index in [0.717, 1.165) is 18.8 Å². The third kappa shape index (κ3) is 2.85. The first kappa shape index (κ1) is 13.4. The highest BCUT2D eigenvalue weighted by molar-refractivity contribution is 4.95. The molecular formula is C15H28O2. The minimum Gasteiger partial charge on any atom is -0.390 e. The van der Waals surface area contributed by atoms with Crippen molar-refractivity contribution in [2.45, 2.75) is 76.4 Å². The molecule has 0 aromatic heterocycles. The second-order valence-corrected chi connectivity index (χ2v) is 6.29. The van der Waals surface area contributed by atoms with Gasteiger partial charge in [-0.15, -0.1) is 0 Å². The Morgan fingerprint density at radius 2 is 1.65 bits per heavy atom. The number of hydrogen-bond acceptors (Lipinski definition) is 2. The smallest absolute Gasteiger partial charge is 0.0939 e. The average molecular weight is 240 g/mol. The quantitative estimate of drug-likeness (QED) is 0.818. The molecule has 1 N–H and O–H groups in total. The first-order chi connectivity index (χ1) is 8.18. The first-order valence-electron chi connectivity index (χ1n) is 7.41. The van der Waals surface area contributed by atoms with E-state index in [2.05, 4.69) is 6.92 Å². The molecule has 2 saturated carbocycles. The maximum absolute atomic E-state index is 10.7. The van der Waals surface area contributed by atoms with Crippen LogP contribution in [0.2, 0.25) is 0 Å². The van der Waals surface area contributed by atoms with Gasteiger partial charge in [-0.3, -0.25) is 0 Å². The fraction of sp³-hybridized carbons (Fsp3) is 1.00. The summed E-state index contributed by atoms with van der Waals surface area (Å²) in [5.41, 5.74) is -0.228. The molecule has 0 saturated heterocycles. The lowest BCUT2D eigenvalue weighted by molar-refractivity contribution is -0.150. The highest BCUT2D eigenvalue weighted by Gasteiger charge is 2.44. The molecule has 2 nitrogen and oxygen atoms in total. The summed E-state index contributed by atoms with van der Waals surface area (Å²) in [4.78, 5) is 0. The molecule has 17 heavy (non-hydrogen) atoms. The average Bonchev–Trinajstić information content (AvgIpc) is 2.40. The van der Waals surface area contributed by atoms with Gasteiger partial charge in [-0.05, 0) is 50.4 Å². The van der Waals surface area contributed by atoms with E-state index >= 15 is 0 Å². The van der Waals surface area contributed by atoms with Gasteiger partial charge in [0.2, 0.25) is 0 Å². The Morgan fingerprint density at radius 3 is 2.18 bits per heavy atom. The number of ether oxygens (including phenoxy) is 1. The molecule has 0 aromatic carbocycles. The minimum atomic E-state index is -0.236. The predicted octanol–water partition coefficient (Wildman–Crippen LogP) is 3.52. The molecule has 2 fully saturated rings. The van der Waals surface area contributed by atoms with E-state index < -0.39 is 0 Å². The van der Waals surface area contributed by atoms with Crippen molar-refractivity contribution in [1.82, 2.24) is 0 Å². The van der Waals surface area contributed by atoms with Crippen LogP contribution in [0.1, 0.15) is 64.7 Å². The topological polar surface area (TPSA) is 29.5 Å². The van der Waals surface area contributed by atoms with Crippen LogP contribution >= 0.6 is 0 Å². The summed E-state index contributed by atoms with van der Waals surface area (Å²) in [6.45, 7) is 2.31. The molecule has 0 bridgehead atoms. The van der Waals surface area contributed by atoms with Crippen molar-refractivity contribution in [3.8, 4) is 0 Å². The van der Waals surface area contributed by atoms with Gasteiger partial charge in [0.25, 0.3) is 0 Å². The van der Waals surface area contributed by atoms with E-state index in [1.807, 2.05) is 0 Å². The molecule has 0 radical (unpaired) electrons. The van der Waals surface area contributed by atoms with Crippen molar-refractivity contribution in [3.05, 3.63) is 0 Å². The SMILES string of the molecule is COC1(C(O)C2CCCCC2)CCC(C)CC1. The Kier molecular flexibility index (Phi) is 4.48. The van der Waals surface area contributed by atoms with Crippen LogP contribution in [0.3, 0.4) is 0 Å². The van der Waals surface area contributed by atoms with Crippen LogP contribution in [0.5, 0.6) is 0 Å². The fourth-order valence-electron chi connectivity index (χ4n) is 3.75. The van der Waals surface area contributed by atoms with Crippen LogP contribution in [0.25, 0.3) is 0 Å². The van der Waals surface area contributed by atoms with Crippen LogP contribution in [0.4, 0.5) is 0 Å². The molecule has 2 rings (SSSR count). The van der Waals surface area contributed by atoms with Gasteiger partial charge in [0, 0.05) is 7.11 Å². The highest BCUT2D eigenvalue weighted by Crippen LogP contribution is 2.41. The fourth-order valence-corrected chi connectivity index (χ4v) is 3.75. The molecular weight excluding hydrogens is 212 g/mol. The lowest BCUT2D eigenvalue weighted by atomic mass is 9.70. The van der Waals surface area contributed by atoms with Crippen molar-refractivity contribution in [3.63, 3.8) is 0 Å². The van der Waals surface area contributed by atoms with Gasteiger partial charge in [-0.2, -0.15) is 0 Å². The van der Waals surface area contributed by atoms with Crippen molar-refractivity contribution < 1.29 is 9.84 Å². The molecule has 0 amide bonds. The van der Waals surface area contributed by atoms with E-state index in [-0.39, 0.29) is 11.7 Å². The van der Waals surface area contributed by atoms with Gasteiger partial charge in [-0.1, -0.05) is 26.2 Å². The Labute approximate surface area is 106 Å². The number of methoxy groups -OCH3 is 1. The van der Waals surface area contributed by atoms with Gasteiger partial charge in [-0.25, -0.2) is 0 Å². The van der Waals surface area contributed by atoms with Crippen molar-refractivity contribution in [2.24, 2.45) is 11.8 Å². The first-order valence-corrected chi connectivity index (χ1v) is 7.41. The monoisotopic (exact) mass is 240 g/mol. The standard InChI is InChI=1S/C15H28O2/c1-12-8-10-15(17-2,11-9-12)14(16)13-6-4-3-5-7-13/h12-14,16H,3-11H2,1-2H3. The third-order valence-corrected chi connectivity index (χ3v) is 5.16. The van der Waals surface area contributed by atoms with E-state index in [1.54, 1.807) is 7.11 Å². The third-order valence-electron chi connectivity index (χ3n) is 5.16. The maximum Gasteiger partial charge on any atom is 0.0939 e. The van der Waals surface area contributed by atoms with Gasteiger partial charge >= 0.3 is 0 Å². The second kappa shape index (κ2) is 5.71. The van der Waals surface area contributed by atoms with E-state index in [0.29, 0.717) is 5.92 Å². The van der Waals surface area contributed by atoms with Gasteiger partial charge in [0.05, 0.1) is 11.7 Å². The zero-order chi connectivity index (χ0) is 12.3. The van der Waals surface area contributed by atoms with Crippen molar-refractivity contribution in [2.75, 3.05) is 7.11 Å². The summed E-state index contributed by atoms with van der Waals surface area (Å²) in [6, 6.07) is 0. The predicted molar refractivity (Wildman–Crippen MR) is 70.0 cm³/mol. The zero-order valence-electron chi connectivity index (χ0n) is 11.5. The van der Waals surface area contributed by atoms with Gasteiger partial charge < -0.3 is 9.84 Å². The maximum atomic E-state index is 10.7. The van der Waals surface area contributed by atoms with Crippen LogP contribution in [0.15, 0.2) is 0 Å². The molecule has 2 heteroatoms. The lowest BCUT2D eigenvalue weighted by Crippen LogP contribution is -2.50. The van der Waals surface area contributed by atoms with Crippen molar-refractivity contribution >= 4 is 0 Å². The molecule has 1 unspecified atom stereocenters. The summed E-state index contributed by atoms with van der Waals surface area (Å²) in [5, 5.41) is 10.7. The van der Waals surface area contributed by atoms with Crippen LogP contribution in [-0.2, 0) is 4.74 Å². The number of rotatable bonds is 3. The molecule has 2 aliphatic rings. The molecule has 100 valence electrons. The van der Waals surface area contributed by atoms with E-state index in [4.69, 9.17) is 4.74 Å². The number of hydrogen-bond donors (Lipinski definition) is 1. The summed E-state index contributed by atoms with van der Waals surface area (Å²) in [5.74, 6) is 1.29. The Morgan fingerprint density at radius 1 is 1.06 bits per heavy atom. The molecule has 0 heterocycles. The normalized spacial score (nSPS) is 37.9. The largest absolute Gasteiger partial charge is 0.390 e. The zero-order valence-corrected chi connectivity index (χ0v) is 11.5. The number of aliphatic hydroxyl groups is 1. The van der Waals surface area contributed by atoms with Crippen molar-refractivity contribution in [1.29, 1.82) is 0 Å². The van der Waals surface area contributed by atoms with Gasteiger partial charge in [0.15, 0.2) is 0 Å². The van der Waals surface area contributed by atoms with Gasteiger partial charge in [0.1, 0.15) is 0 Å². The summed E-state index contributed by atoms with van der Waals surface area (Å²) in [7, 11) is 1.79. The van der Waals surface area contributed by atoms with Crippen LogP contribution in [0, 0.1) is 11.8 Å². The minimum absolute atomic E-state index is 0.228. The molecule has 1 atom stereocenters. The Balaban J connectivity index is 2.00. The summed E-state index contributed by atoms with van der Waals surface area (Å²) < 4.78 is 5.79. The Bertz CT molecular complexity index is 225. The Hall–Kier alpha value is -0.0800. The van der Waals surface area contributed by atoms with Crippen LogP contribution in [-0.4, -0.2) is 23.9 Å². The van der Waals surface area contributed by atoms with Crippen LogP contribution < -0.4 is 0 Å². The lowest BCUT2D eigenvalue weighted by Gasteiger charge is -2.45. The summed E-state index contributed by atoms with van der Waals surface area (Å²) >= 11 is 0. The molecule has 2 aliphatic carbocycles. The van der Waals surface area contributed by atoms with E-state index in [1.165, 1.54) is 44.9 Å². The highest BCUT2D eigenvalue weighted by atomic mass is 16.5. The number of aliphatic hydroxyl groups excluding tert-OH is 1. The molecule has 0 aliphatic heterocycles. The molecule has 0 spiro atoms. The molecule has 0 aromatic rings. The second-order valence-electron chi connectivity index (χ2n) is 6.29.